The van der Waals surface area contributed by atoms with Crippen LogP contribution in [0.1, 0.15) is 37.8 Å². The molecule has 0 bridgehead atoms. The van der Waals surface area contributed by atoms with Gasteiger partial charge in [-0.25, -0.2) is 4.39 Å². The number of hydrogen-bond donors (Lipinski definition) is 2. The van der Waals surface area contributed by atoms with Gasteiger partial charge in [0.1, 0.15) is 5.82 Å². The summed E-state index contributed by atoms with van der Waals surface area (Å²) in [5, 5.41) is 9.83. The number of rotatable bonds is 4. The molecule has 1 aliphatic heterocycles. The van der Waals surface area contributed by atoms with Gasteiger partial charge in [0.05, 0.1) is 12.1 Å². The third kappa shape index (κ3) is 3.53. The minimum absolute atomic E-state index is 0.0179. The number of nitrogens with zero attached hydrogens (tertiary/aromatic N) is 1. The molecular weight excluding hydrogens is 243 g/mol. The van der Waals surface area contributed by atoms with Gasteiger partial charge in [-0.05, 0) is 43.5 Å². The van der Waals surface area contributed by atoms with Crippen molar-refractivity contribution in [3.63, 3.8) is 0 Å². The number of aliphatic hydroxyl groups is 1. The molecule has 1 heterocycles. The summed E-state index contributed by atoms with van der Waals surface area (Å²) >= 11 is 0. The van der Waals surface area contributed by atoms with Crippen molar-refractivity contribution in [2.45, 2.75) is 44.4 Å². The summed E-state index contributed by atoms with van der Waals surface area (Å²) in [6.45, 7) is 3.57. The molecule has 0 saturated carbocycles. The predicted octanol–water partition coefficient (Wildman–Crippen LogP) is 2.06. The number of hydrogen-bond acceptors (Lipinski definition) is 3. The summed E-state index contributed by atoms with van der Waals surface area (Å²) in [7, 11) is 0. The van der Waals surface area contributed by atoms with E-state index in [0.29, 0.717) is 6.54 Å². The first-order chi connectivity index (χ1) is 9.11. The fraction of sp³-hybridized carbons (Fsp3) is 0.600. The molecule has 3 nitrogen and oxygen atoms in total. The number of aliphatic hydroxyl groups excluding tert-OH is 1. The number of benzene rings is 1. The molecule has 19 heavy (non-hydrogen) atoms. The van der Waals surface area contributed by atoms with Crippen LogP contribution in [-0.2, 0) is 0 Å². The molecule has 3 unspecified atom stereocenters. The van der Waals surface area contributed by atoms with Crippen molar-refractivity contribution in [2.75, 3.05) is 13.1 Å². The SMILES string of the molecule is CCC(N)C(c1cccc(F)c1)N1CCCC(O)C1. The van der Waals surface area contributed by atoms with Gasteiger partial charge >= 0.3 is 0 Å². The summed E-state index contributed by atoms with van der Waals surface area (Å²) in [5.41, 5.74) is 7.14. The van der Waals surface area contributed by atoms with Crippen molar-refractivity contribution < 1.29 is 9.50 Å². The number of nitrogens with two attached hydrogens (primary N) is 1. The Kier molecular flexibility index (Phi) is 4.91. The second-order valence-electron chi connectivity index (χ2n) is 5.36. The third-order valence-electron chi connectivity index (χ3n) is 3.89. The van der Waals surface area contributed by atoms with E-state index in [0.717, 1.165) is 31.4 Å². The maximum Gasteiger partial charge on any atom is 0.123 e. The van der Waals surface area contributed by atoms with E-state index in [1.165, 1.54) is 6.07 Å². The number of β-amino-alcohol motifs (C(OH)–C–C–N with tert-alkyl or cyclic N) is 1. The van der Waals surface area contributed by atoms with E-state index in [2.05, 4.69) is 4.90 Å². The van der Waals surface area contributed by atoms with E-state index < -0.39 is 0 Å². The molecule has 0 radical (unpaired) electrons. The molecule has 4 heteroatoms. The lowest BCUT2D eigenvalue weighted by Gasteiger charge is -2.39. The lowest BCUT2D eigenvalue weighted by Crippen LogP contribution is -2.47. The van der Waals surface area contributed by atoms with Crippen LogP contribution in [0.4, 0.5) is 4.39 Å². The Bertz CT molecular complexity index is 413. The van der Waals surface area contributed by atoms with E-state index in [1.807, 2.05) is 13.0 Å². The standard InChI is InChI=1S/C15H23FN2O/c1-2-14(17)15(11-5-3-6-12(16)9-11)18-8-4-7-13(19)10-18/h3,5-6,9,13-15,19H,2,4,7-8,10,17H2,1H3. The molecule has 0 spiro atoms. The predicted molar refractivity (Wildman–Crippen MR) is 74.2 cm³/mol. The molecule has 0 aromatic heterocycles. The molecule has 1 saturated heterocycles. The second kappa shape index (κ2) is 6.46. The van der Waals surface area contributed by atoms with Crippen LogP contribution >= 0.6 is 0 Å². The van der Waals surface area contributed by atoms with Crippen molar-refractivity contribution in [3.8, 4) is 0 Å². The maximum atomic E-state index is 13.4. The average Bonchev–Trinajstić information content (AvgIpc) is 2.39. The Labute approximate surface area is 114 Å². The fourth-order valence-electron chi connectivity index (χ4n) is 2.88. The van der Waals surface area contributed by atoms with Crippen molar-refractivity contribution >= 4 is 0 Å². The average molecular weight is 266 g/mol. The zero-order valence-electron chi connectivity index (χ0n) is 11.4. The van der Waals surface area contributed by atoms with Crippen LogP contribution in [0, 0.1) is 5.82 Å². The monoisotopic (exact) mass is 266 g/mol. The Morgan fingerprint density at radius 1 is 1.53 bits per heavy atom. The Morgan fingerprint density at radius 2 is 2.32 bits per heavy atom. The van der Waals surface area contributed by atoms with Gasteiger partial charge in [0.25, 0.3) is 0 Å². The lowest BCUT2D eigenvalue weighted by molar-refractivity contribution is 0.0384. The van der Waals surface area contributed by atoms with Crippen LogP contribution in [0.2, 0.25) is 0 Å². The summed E-state index contributed by atoms with van der Waals surface area (Å²) in [5.74, 6) is -0.233. The summed E-state index contributed by atoms with van der Waals surface area (Å²) < 4.78 is 13.4. The minimum Gasteiger partial charge on any atom is -0.392 e. The fourth-order valence-corrected chi connectivity index (χ4v) is 2.88. The summed E-state index contributed by atoms with van der Waals surface area (Å²) in [6, 6.07) is 6.58. The molecule has 0 aliphatic carbocycles. The molecule has 1 aromatic rings. The third-order valence-corrected chi connectivity index (χ3v) is 3.89. The van der Waals surface area contributed by atoms with Crippen molar-refractivity contribution in [1.29, 1.82) is 0 Å². The number of halogens is 1. The second-order valence-corrected chi connectivity index (χ2v) is 5.36. The van der Waals surface area contributed by atoms with Crippen molar-refractivity contribution in [2.24, 2.45) is 5.73 Å². The van der Waals surface area contributed by atoms with Crippen LogP contribution in [0.5, 0.6) is 0 Å². The highest BCUT2D eigenvalue weighted by Gasteiger charge is 2.29. The largest absolute Gasteiger partial charge is 0.392 e. The first kappa shape index (κ1) is 14.4. The van der Waals surface area contributed by atoms with E-state index in [4.69, 9.17) is 5.73 Å². The quantitative estimate of drug-likeness (QED) is 0.877. The highest BCUT2D eigenvalue weighted by molar-refractivity contribution is 5.22. The van der Waals surface area contributed by atoms with Gasteiger partial charge in [0, 0.05) is 12.6 Å². The zero-order valence-corrected chi connectivity index (χ0v) is 11.4. The van der Waals surface area contributed by atoms with Crippen LogP contribution in [0.25, 0.3) is 0 Å². The lowest BCUT2D eigenvalue weighted by atomic mass is 9.93. The highest BCUT2D eigenvalue weighted by atomic mass is 19.1. The van der Waals surface area contributed by atoms with E-state index in [-0.39, 0.29) is 24.0 Å². The molecule has 1 aliphatic rings. The zero-order chi connectivity index (χ0) is 13.8. The van der Waals surface area contributed by atoms with Crippen LogP contribution < -0.4 is 5.73 Å². The van der Waals surface area contributed by atoms with Crippen LogP contribution in [0.3, 0.4) is 0 Å². The van der Waals surface area contributed by atoms with Gasteiger partial charge in [0.15, 0.2) is 0 Å². The minimum atomic E-state index is -0.297. The van der Waals surface area contributed by atoms with Gasteiger partial charge in [0.2, 0.25) is 0 Å². The van der Waals surface area contributed by atoms with Gasteiger partial charge in [-0.1, -0.05) is 19.1 Å². The van der Waals surface area contributed by atoms with Crippen LogP contribution in [0.15, 0.2) is 24.3 Å². The van der Waals surface area contributed by atoms with Crippen molar-refractivity contribution in [3.05, 3.63) is 35.6 Å². The first-order valence-corrected chi connectivity index (χ1v) is 7.05. The van der Waals surface area contributed by atoms with Crippen LogP contribution in [-0.4, -0.2) is 35.2 Å². The smallest absolute Gasteiger partial charge is 0.123 e. The van der Waals surface area contributed by atoms with E-state index in [9.17, 15) is 9.50 Å². The first-order valence-electron chi connectivity index (χ1n) is 7.05. The van der Waals surface area contributed by atoms with Gasteiger partial charge < -0.3 is 10.8 Å². The Balaban J connectivity index is 2.25. The summed E-state index contributed by atoms with van der Waals surface area (Å²) in [6.07, 6.45) is 2.33. The molecular formula is C15H23FN2O. The van der Waals surface area contributed by atoms with E-state index in [1.54, 1.807) is 12.1 Å². The Morgan fingerprint density at radius 3 is 2.95 bits per heavy atom. The molecule has 0 amide bonds. The van der Waals surface area contributed by atoms with E-state index >= 15 is 0 Å². The number of piperidine rings is 1. The molecule has 3 N–H and O–H groups in total. The molecule has 3 atom stereocenters. The topological polar surface area (TPSA) is 49.5 Å². The van der Waals surface area contributed by atoms with Crippen molar-refractivity contribution in [1.82, 2.24) is 4.90 Å². The molecule has 2 rings (SSSR count). The van der Waals surface area contributed by atoms with Gasteiger partial charge in [-0.2, -0.15) is 0 Å². The Hall–Kier alpha value is -0.970. The maximum absolute atomic E-state index is 13.4. The summed E-state index contributed by atoms with van der Waals surface area (Å²) in [4.78, 5) is 2.19. The van der Waals surface area contributed by atoms with Gasteiger partial charge in [-0.15, -0.1) is 0 Å². The molecule has 106 valence electrons. The normalized spacial score (nSPS) is 24.1. The number of likely N-dealkylation sites (tertiary alicyclic amines) is 1. The highest BCUT2D eigenvalue weighted by Crippen LogP contribution is 2.28. The molecule has 1 aromatic carbocycles. The molecule has 1 fully saturated rings. The van der Waals surface area contributed by atoms with Gasteiger partial charge in [-0.3, -0.25) is 4.90 Å².